The minimum Gasteiger partial charge on any atom is -0.456 e. The first kappa shape index (κ1) is 37.1. The minimum atomic E-state index is -0.456. The van der Waals surface area contributed by atoms with Crippen LogP contribution in [0.15, 0.2) is 253 Å². The standard InChI is InChI=1S/C63H41NO/c1-3-13-42(14-4-1)43-25-32-50(33-26-43)64(52-36-30-49(31-37-52)63(48-15-5-2-6-16-48)59-20-10-7-17-54(59)55-18-8-11-21-60(55)63)51-34-27-44(28-35-51)45-29-38-53-46(39-45)23-24-47-40-58-56-19-9-12-22-61(56)65-62(58)41-57(47)53/h1-41H. The molecule has 13 rings (SSSR count). The summed E-state index contributed by atoms with van der Waals surface area (Å²) in [4.78, 5) is 2.37. The lowest BCUT2D eigenvalue weighted by molar-refractivity contribution is 0.669. The molecule has 2 nitrogen and oxygen atoms in total. The third kappa shape index (κ3) is 5.88. The zero-order valence-corrected chi connectivity index (χ0v) is 35.5. The lowest BCUT2D eigenvalue weighted by Crippen LogP contribution is -2.28. The third-order valence-corrected chi connectivity index (χ3v) is 13.7. The van der Waals surface area contributed by atoms with Crippen molar-refractivity contribution in [2.24, 2.45) is 0 Å². The number of para-hydroxylation sites is 1. The van der Waals surface area contributed by atoms with Gasteiger partial charge in [0.1, 0.15) is 11.2 Å². The van der Waals surface area contributed by atoms with Crippen LogP contribution in [0, 0.1) is 0 Å². The average Bonchev–Trinajstić information content (AvgIpc) is 3.90. The Hall–Kier alpha value is -8.46. The maximum Gasteiger partial charge on any atom is 0.136 e. The van der Waals surface area contributed by atoms with Gasteiger partial charge in [0.15, 0.2) is 0 Å². The number of benzene rings is 11. The summed E-state index contributed by atoms with van der Waals surface area (Å²) < 4.78 is 6.30. The topological polar surface area (TPSA) is 16.4 Å². The van der Waals surface area contributed by atoms with Crippen LogP contribution in [0.3, 0.4) is 0 Å². The summed E-state index contributed by atoms with van der Waals surface area (Å²) in [7, 11) is 0. The van der Waals surface area contributed by atoms with E-state index in [4.69, 9.17) is 4.42 Å². The van der Waals surface area contributed by atoms with E-state index in [2.05, 4.69) is 241 Å². The zero-order valence-electron chi connectivity index (χ0n) is 35.5. The Morgan fingerprint density at radius 1 is 0.292 bits per heavy atom. The molecule has 0 bridgehead atoms. The Balaban J connectivity index is 0.901. The van der Waals surface area contributed by atoms with Gasteiger partial charge < -0.3 is 9.32 Å². The van der Waals surface area contributed by atoms with Crippen LogP contribution in [0.1, 0.15) is 22.3 Å². The van der Waals surface area contributed by atoms with E-state index in [0.717, 1.165) is 39.0 Å². The van der Waals surface area contributed by atoms with Gasteiger partial charge in [0, 0.05) is 27.8 Å². The van der Waals surface area contributed by atoms with Crippen LogP contribution in [0.2, 0.25) is 0 Å². The molecule has 1 aliphatic rings. The Morgan fingerprint density at radius 2 is 0.785 bits per heavy atom. The van der Waals surface area contributed by atoms with Gasteiger partial charge in [-0.15, -0.1) is 0 Å². The SMILES string of the molecule is c1ccc(-c2ccc(N(c3ccc(-c4ccc5c(ccc6cc7c(cc65)oc5ccccc57)c4)cc3)c3ccc(C4(c5ccccc5)c5ccccc5-c5ccccc54)cc3)cc2)cc1. The molecular formula is C63H41NO. The van der Waals surface area contributed by atoms with Crippen molar-refractivity contribution >= 4 is 60.5 Å². The van der Waals surface area contributed by atoms with Crippen LogP contribution in [-0.2, 0) is 5.41 Å². The Kier molecular flexibility index (Phi) is 8.47. The molecule has 0 amide bonds. The molecule has 0 atom stereocenters. The summed E-state index contributed by atoms with van der Waals surface area (Å²) in [5, 5.41) is 7.15. The number of hydrogen-bond donors (Lipinski definition) is 0. The van der Waals surface area contributed by atoms with Crippen molar-refractivity contribution in [3.63, 3.8) is 0 Å². The van der Waals surface area contributed by atoms with Gasteiger partial charge >= 0.3 is 0 Å². The molecule has 0 aliphatic heterocycles. The molecule has 11 aromatic carbocycles. The van der Waals surface area contributed by atoms with E-state index in [-0.39, 0.29) is 0 Å². The number of hydrogen-bond acceptors (Lipinski definition) is 2. The van der Waals surface area contributed by atoms with Crippen LogP contribution < -0.4 is 4.90 Å². The van der Waals surface area contributed by atoms with Crippen molar-refractivity contribution in [3.05, 3.63) is 271 Å². The molecule has 0 fully saturated rings. The van der Waals surface area contributed by atoms with E-state index in [1.807, 2.05) is 12.1 Å². The Labute approximate surface area is 377 Å². The van der Waals surface area contributed by atoms with Crippen LogP contribution in [0.4, 0.5) is 17.1 Å². The normalized spacial score (nSPS) is 12.7. The number of rotatable bonds is 7. The van der Waals surface area contributed by atoms with Crippen molar-refractivity contribution in [3.8, 4) is 33.4 Å². The molecule has 65 heavy (non-hydrogen) atoms. The van der Waals surface area contributed by atoms with Crippen molar-refractivity contribution in [2.45, 2.75) is 5.41 Å². The number of nitrogens with zero attached hydrogens (tertiary/aromatic N) is 1. The van der Waals surface area contributed by atoms with Crippen molar-refractivity contribution in [1.82, 2.24) is 0 Å². The fraction of sp³-hybridized carbons (Fsp3) is 0.0159. The smallest absolute Gasteiger partial charge is 0.136 e. The second kappa shape index (κ2) is 14.8. The van der Waals surface area contributed by atoms with Gasteiger partial charge in [-0.3, -0.25) is 0 Å². The molecule has 12 aromatic rings. The summed E-state index contributed by atoms with van der Waals surface area (Å²) in [6.07, 6.45) is 0. The minimum absolute atomic E-state index is 0.456. The molecule has 0 radical (unpaired) electrons. The number of fused-ring (bicyclic) bond motifs is 9. The van der Waals surface area contributed by atoms with Gasteiger partial charge in [-0.05, 0) is 138 Å². The van der Waals surface area contributed by atoms with Gasteiger partial charge in [-0.1, -0.05) is 188 Å². The maximum absolute atomic E-state index is 6.30. The van der Waals surface area contributed by atoms with E-state index in [1.54, 1.807) is 0 Å². The molecule has 2 heteroatoms. The molecule has 0 N–H and O–H groups in total. The quantitative estimate of drug-likeness (QED) is 0.149. The molecule has 0 unspecified atom stereocenters. The number of furan rings is 1. The summed E-state index contributed by atoms with van der Waals surface area (Å²) >= 11 is 0. The van der Waals surface area contributed by atoms with Gasteiger partial charge in [0.2, 0.25) is 0 Å². The first-order chi connectivity index (χ1) is 32.2. The summed E-state index contributed by atoms with van der Waals surface area (Å²) in [5.41, 5.74) is 17.1. The largest absolute Gasteiger partial charge is 0.456 e. The van der Waals surface area contributed by atoms with Crippen LogP contribution in [-0.4, -0.2) is 0 Å². The molecular weight excluding hydrogens is 787 g/mol. The fourth-order valence-corrected chi connectivity index (χ4v) is 10.7. The van der Waals surface area contributed by atoms with Crippen LogP contribution in [0.5, 0.6) is 0 Å². The molecule has 1 heterocycles. The molecule has 1 aliphatic carbocycles. The predicted molar refractivity (Wildman–Crippen MR) is 272 cm³/mol. The molecule has 0 spiro atoms. The highest BCUT2D eigenvalue weighted by atomic mass is 16.3. The van der Waals surface area contributed by atoms with E-state index in [1.165, 1.54) is 77.2 Å². The van der Waals surface area contributed by atoms with Crippen molar-refractivity contribution in [1.29, 1.82) is 0 Å². The van der Waals surface area contributed by atoms with E-state index < -0.39 is 5.41 Å². The van der Waals surface area contributed by atoms with Gasteiger partial charge in [-0.25, -0.2) is 0 Å². The third-order valence-electron chi connectivity index (χ3n) is 13.7. The monoisotopic (exact) mass is 827 g/mol. The molecule has 1 aromatic heterocycles. The average molecular weight is 828 g/mol. The molecule has 304 valence electrons. The highest BCUT2D eigenvalue weighted by Gasteiger charge is 2.45. The van der Waals surface area contributed by atoms with E-state index in [0.29, 0.717) is 0 Å². The fourth-order valence-electron chi connectivity index (χ4n) is 10.7. The van der Waals surface area contributed by atoms with Crippen LogP contribution >= 0.6 is 0 Å². The van der Waals surface area contributed by atoms with Crippen molar-refractivity contribution < 1.29 is 4.42 Å². The molecule has 0 saturated heterocycles. The first-order valence-electron chi connectivity index (χ1n) is 22.4. The Morgan fingerprint density at radius 3 is 1.45 bits per heavy atom. The first-order valence-corrected chi connectivity index (χ1v) is 22.4. The van der Waals surface area contributed by atoms with E-state index >= 15 is 0 Å². The summed E-state index contributed by atoms with van der Waals surface area (Å²) in [6.45, 7) is 0. The lowest BCUT2D eigenvalue weighted by Gasteiger charge is -2.34. The predicted octanol–water partition coefficient (Wildman–Crippen LogP) is 17.1. The second-order valence-corrected chi connectivity index (χ2v) is 17.2. The highest BCUT2D eigenvalue weighted by Crippen LogP contribution is 2.56. The summed E-state index contributed by atoms with van der Waals surface area (Å²) in [6, 6.07) is 90.8. The second-order valence-electron chi connectivity index (χ2n) is 17.2. The van der Waals surface area contributed by atoms with Gasteiger partial charge in [0.25, 0.3) is 0 Å². The summed E-state index contributed by atoms with van der Waals surface area (Å²) in [5.74, 6) is 0. The zero-order chi connectivity index (χ0) is 42.9. The Bertz CT molecular complexity index is 3690. The van der Waals surface area contributed by atoms with Crippen molar-refractivity contribution in [2.75, 3.05) is 4.90 Å². The van der Waals surface area contributed by atoms with E-state index in [9.17, 15) is 0 Å². The maximum atomic E-state index is 6.30. The number of anilines is 3. The highest BCUT2D eigenvalue weighted by molar-refractivity contribution is 6.16. The van der Waals surface area contributed by atoms with Gasteiger partial charge in [0.05, 0.1) is 5.41 Å². The molecule has 0 saturated carbocycles. The van der Waals surface area contributed by atoms with Crippen LogP contribution in [0.25, 0.3) is 76.9 Å². The lowest BCUT2D eigenvalue weighted by atomic mass is 9.68. The van der Waals surface area contributed by atoms with Gasteiger partial charge in [-0.2, -0.15) is 0 Å².